The fourth-order valence-corrected chi connectivity index (χ4v) is 1.92. The van der Waals surface area contributed by atoms with Gasteiger partial charge >= 0.3 is 6.03 Å². The van der Waals surface area contributed by atoms with Gasteiger partial charge in [-0.1, -0.05) is 19.9 Å². The number of rotatable bonds is 6. The van der Waals surface area contributed by atoms with Crippen molar-refractivity contribution in [1.29, 1.82) is 0 Å². The number of carbonyl (C=O) groups excluding carboxylic acids is 1. The number of urea groups is 1. The van der Waals surface area contributed by atoms with Crippen LogP contribution in [-0.2, 0) is 0 Å². The SMILES string of the molecule is COc1ccc(C)cc1NC(=O)NCC(O)CC(C)C. The molecule has 0 saturated carbocycles. The van der Waals surface area contributed by atoms with Gasteiger partial charge in [-0.3, -0.25) is 0 Å². The Morgan fingerprint density at radius 3 is 2.70 bits per heavy atom. The molecule has 20 heavy (non-hydrogen) atoms. The van der Waals surface area contributed by atoms with Crippen LogP contribution in [0.25, 0.3) is 0 Å². The van der Waals surface area contributed by atoms with Crippen molar-refractivity contribution < 1.29 is 14.6 Å². The molecule has 112 valence electrons. The minimum Gasteiger partial charge on any atom is -0.495 e. The first kappa shape index (κ1) is 16.3. The number of hydrogen-bond acceptors (Lipinski definition) is 3. The van der Waals surface area contributed by atoms with Crippen molar-refractivity contribution >= 4 is 11.7 Å². The fraction of sp³-hybridized carbons (Fsp3) is 0.533. The van der Waals surface area contributed by atoms with E-state index in [0.717, 1.165) is 5.56 Å². The zero-order chi connectivity index (χ0) is 15.1. The van der Waals surface area contributed by atoms with Gasteiger partial charge in [-0.2, -0.15) is 0 Å². The highest BCUT2D eigenvalue weighted by Crippen LogP contribution is 2.24. The molecule has 0 aliphatic rings. The summed E-state index contributed by atoms with van der Waals surface area (Å²) in [6.45, 7) is 6.23. The smallest absolute Gasteiger partial charge is 0.319 e. The average Bonchev–Trinajstić information content (AvgIpc) is 2.36. The van der Waals surface area contributed by atoms with Crippen LogP contribution < -0.4 is 15.4 Å². The van der Waals surface area contributed by atoms with Gasteiger partial charge in [0.05, 0.1) is 18.9 Å². The zero-order valence-corrected chi connectivity index (χ0v) is 12.6. The lowest BCUT2D eigenvalue weighted by atomic mass is 10.1. The van der Waals surface area contributed by atoms with Crippen LogP contribution in [0.3, 0.4) is 0 Å². The number of hydrogen-bond donors (Lipinski definition) is 3. The van der Waals surface area contributed by atoms with Gasteiger partial charge in [0.2, 0.25) is 0 Å². The second-order valence-electron chi connectivity index (χ2n) is 5.32. The Hall–Kier alpha value is -1.75. The predicted molar refractivity (Wildman–Crippen MR) is 80.2 cm³/mol. The second-order valence-corrected chi connectivity index (χ2v) is 5.32. The van der Waals surface area contributed by atoms with E-state index in [9.17, 15) is 9.90 Å². The molecule has 1 atom stereocenters. The quantitative estimate of drug-likeness (QED) is 0.750. The molecule has 0 aliphatic carbocycles. The Labute approximate surface area is 120 Å². The van der Waals surface area contributed by atoms with Crippen molar-refractivity contribution in [3.63, 3.8) is 0 Å². The van der Waals surface area contributed by atoms with Gasteiger partial charge in [0.1, 0.15) is 5.75 Å². The molecule has 0 radical (unpaired) electrons. The highest BCUT2D eigenvalue weighted by Gasteiger charge is 2.11. The summed E-state index contributed by atoms with van der Waals surface area (Å²) in [5, 5.41) is 15.1. The average molecular weight is 280 g/mol. The summed E-state index contributed by atoms with van der Waals surface area (Å²) in [4.78, 5) is 11.8. The van der Waals surface area contributed by atoms with E-state index in [1.54, 1.807) is 13.2 Å². The maximum absolute atomic E-state index is 11.8. The van der Waals surface area contributed by atoms with Crippen LogP contribution in [0.1, 0.15) is 25.8 Å². The molecule has 2 amide bonds. The molecule has 0 spiro atoms. The molecular formula is C15H24N2O3. The number of carbonyl (C=O) groups is 1. The fourth-order valence-electron chi connectivity index (χ4n) is 1.92. The lowest BCUT2D eigenvalue weighted by molar-refractivity contribution is 0.148. The molecule has 5 heteroatoms. The lowest BCUT2D eigenvalue weighted by Gasteiger charge is -2.15. The third-order valence-electron chi connectivity index (χ3n) is 2.84. The molecule has 0 aromatic heterocycles. The first-order chi connectivity index (χ1) is 9.42. The zero-order valence-electron chi connectivity index (χ0n) is 12.6. The summed E-state index contributed by atoms with van der Waals surface area (Å²) in [6, 6.07) is 5.20. The number of aliphatic hydroxyl groups is 1. The van der Waals surface area contributed by atoms with Crippen molar-refractivity contribution in [2.75, 3.05) is 19.0 Å². The molecule has 1 aromatic carbocycles. The maximum Gasteiger partial charge on any atom is 0.319 e. The van der Waals surface area contributed by atoms with Gasteiger partial charge in [-0.05, 0) is 37.0 Å². The van der Waals surface area contributed by atoms with E-state index in [0.29, 0.717) is 23.8 Å². The van der Waals surface area contributed by atoms with Gasteiger partial charge in [0, 0.05) is 6.54 Å². The Morgan fingerprint density at radius 1 is 1.40 bits per heavy atom. The number of aryl methyl sites for hydroxylation is 1. The molecule has 0 bridgehead atoms. The number of methoxy groups -OCH3 is 1. The second kappa shape index (κ2) is 7.75. The number of benzene rings is 1. The Balaban J connectivity index is 2.52. The van der Waals surface area contributed by atoms with Crippen molar-refractivity contribution in [1.82, 2.24) is 5.32 Å². The number of ether oxygens (including phenoxy) is 1. The van der Waals surface area contributed by atoms with Crippen LogP contribution in [0.4, 0.5) is 10.5 Å². The molecule has 5 nitrogen and oxygen atoms in total. The molecule has 0 saturated heterocycles. The van der Waals surface area contributed by atoms with Crippen molar-refractivity contribution in [2.24, 2.45) is 5.92 Å². The van der Waals surface area contributed by atoms with Gasteiger partial charge in [0.15, 0.2) is 0 Å². The van der Waals surface area contributed by atoms with Crippen LogP contribution in [0.5, 0.6) is 5.75 Å². The van der Waals surface area contributed by atoms with Crippen molar-refractivity contribution in [2.45, 2.75) is 33.3 Å². The Kier molecular flexibility index (Phi) is 6.31. The predicted octanol–water partition coefficient (Wildman–Crippen LogP) is 2.53. The van der Waals surface area contributed by atoms with E-state index >= 15 is 0 Å². The number of aliphatic hydroxyl groups excluding tert-OH is 1. The minimum atomic E-state index is -0.528. The summed E-state index contributed by atoms with van der Waals surface area (Å²) in [7, 11) is 1.56. The van der Waals surface area contributed by atoms with Crippen molar-refractivity contribution in [3.05, 3.63) is 23.8 Å². The van der Waals surface area contributed by atoms with E-state index in [1.807, 2.05) is 32.9 Å². The molecule has 1 rings (SSSR count). The van der Waals surface area contributed by atoms with Crippen LogP contribution >= 0.6 is 0 Å². The first-order valence-corrected chi connectivity index (χ1v) is 6.80. The Bertz CT molecular complexity index is 447. The summed E-state index contributed by atoms with van der Waals surface area (Å²) < 4.78 is 5.19. The molecule has 0 heterocycles. The van der Waals surface area contributed by atoms with Crippen LogP contribution in [-0.4, -0.2) is 30.9 Å². The lowest BCUT2D eigenvalue weighted by Crippen LogP contribution is -2.35. The molecule has 3 N–H and O–H groups in total. The summed E-state index contributed by atoms with van der Waals surface area (Å²) in [5.41, 5.74) is 1.64. The molecule has 0 aliphatic heterocycles. The number of amides is 2. The first-order valence-electron chi connectivity index (χ1n) is 6.80. The number of nitrogens with one attached hydrogen (secondary N) is 2. The van der Waals surface area contributed by atoms with E-state index in [2.05, 4.69) is 10.6 Å². The summed E-state index contributed by atoms with van der Waals surface area (Å²) in [5.74, 6) is 1.00. The summed E-state index contributed by atoms with van der Waals surface area (Å²) in [6.07, 6.45) is 0.133. The van der Waals surface area contributed by atoms with E-state index in [-0.39, 0.29) is 12.6 Å². The van der Waals surface area contributed by atoms with E-state index < -0.39 is 6.10 Å². The minimum absolute atomic E-state index is 0.234. The van der Waals surface area contributed by atoms with Gasteiger partial charge in [-0.25, -0.2) is 4.79 Å². The van der Waals surface area contributed by atoms with Crippen molar-refractivity contribution in [3.8, 4) is 5.75 Å². The van der Waals surface area contributed by atoms with Crippen LogP contribution in [0.2, 0.25) is 0 Å². The van der Waals surface area contributed by atoms with Gasteiger partial charge in [-0.15, -0.1) is 0 Å². The highest BCUT2D eigenvalue weighted by atomic mass is 16.5. The third kappa shape index (κ3) is 5.48. The van der Waals surface area contributed by atoms with E-state index in [1.165, 1.54) is 0 Å². The van der Waals surface area contributed by atoms with Crippen LogP contribution in [0, 0.1) is 12.8 Å². The topological polar surface area (TPSA) is 70.6 Å². The molecular weight excluding hydrogens is 256 g/mol. The highest BCUT2D eigenvalue weighted by molar-refractivity contribution is 5.91. The standard InChI is InChI=1S/C15H24N2O3/c1-10(2)7-12(18)9-16-15(19)17-13-8-11(3)5-6-14(13)20-4/h5-6,8,10,12,18H,7,9H2,1-4H3,(H2,16,17,19). The molecule has 0 fully saturated rings. The normalized spacial score (nSPS) is 12.1. The molecule has 1 aromatic rings. The van der Waals surface area contributed by atoms with Gasteiger partial charge in [0.25, 0.3) is 0 Å². The molecule has 1 unspecified atom stereocenters. The number of anilines is 1. The third-order valence-corrected chi connectivity index (χ3v) is 2.84. The van der Waals surface area contributed by atoms with E-state index in [4.69, 9.17) is 4.74 Å². The van der Waals surface area contributed by atoms with Gasteiger partial charge < -0.3 is 20.5 Å². The monoisotopic (exact) mass is 280 g/mol. The Morgan fingerprint density at radius 2 is 2.10 bits per heavy atom. The summed E-state index contributed by atoms with van der Waals surface area (Å²) >= 11 is 0. The van der Waals surface area contributed by atoms with Crippen LogP contribution in [0.15, 0.2) is 18.2 Å². The largest absolute Gasteiger partial charge is 0.495 e. The maximum atomic E-state index is 11.8.